The topological polar surface area (TPSA) is 73.6 Å². The lowest BCUT2D eigenvalue weighted by Gasteiger charge is -2.34. The minimum atomic E-state index is -3.47. The molecule has 0 radical (unpaired) electrons. The van der Waals surface area contributed by atoms with Gasteiger partial charge in [-0.05, 0) is 18.8 Å². The summed E-state index contributed by atoms with van der Waals surface area (Å²) in [5.41, 5.74) is 0. The third-order valence-electron chi connectivity index (χ3n) is 3.29. The largest absolute Gasteiger partial charge is 0.383 e. The second kappa shape index (κ2) is 7.80. The molecule has 0 N–H and O–H groups in total. The zero-order valence-corrected chi connectivity index (χ0v) is 12.5. The number of hydrogen-bond donors (Lipinski definition) is 0. The highest BCUT2D eigenvalue weighted by Crippen LogP contribution is 2.20. The zero-order chi connectivity index (χ0) is 14.3. The Hall–Kier alpha value is -0.680. The molecule has 0 aromatic carbocycles. The van der Waals surface area contributed by atoms with Crippen LogP contribution >= 0.6 is 0 Å². The van der Waals surface area contributed by atoms with E-state index in [1.54, 1.807) is 0 Å². The van der Waals surface area contributed by atoms with Gasteiger partial charge in [0.2, 0.25) is 0 Å². The van der Waals surface area contributed by atoms with Crippen LogP contribution in [0.5, 0.6) is 0 Å². The lowest BCUT2D eigenvalue weighted by Crippen LogP contribution is -2.48. The first kappa shape index (κ1) is 16.4. The molecule has 0 bridgehead atoms. The Morgan fingerprint density at radius 1 is 1.47 bits per heavy atom. The SMILES string of the molecule is COCCN(CCC#N)S(=O)(=O)N1CCC[C@H](C)C1. The molecule has 1 rings (SSSR count). The molecule has 19 heavy (non-hydrogen) atoms. The van der Waals surface area contributed by atoms with E-state index in [0.29, 0.717) is 32.2 Å². The summed E-state index contributed by atoms with van der Waals surface area (Å²) in [7, 11) is -1.93. The average Bonchev–Trinajstić information content (AvgIpc) is 2.38. The second-order valence-electron chi connectivity index (χ2n) is 4.91. The summed E-state index contributed by atoms with van der Waals surface area (Å²) in [5, 5.41) is 8.64. The van der Waals surface area contributed by atoms with Crippen LogP contribution in [0.3, 0.4) is 0 Å². The predicted molar refractivity (Wildman–Crippen MR) is 72.6 cm³/mol. The van der Waals surface area contributed by atoms with Gasteiger partial charge < -0.3 is 4.74 Å². The molecule has 0 aromatic rings. The fraction of sp³-hybridized carbons (Fsp3) is 0.917. The molecule has 0 aliphatic carbocycles. The Morgan fingerprint density at radius 2 is 2.21 bits per heavy atom. The molecule has 0 aromatic heterocycles. The third kappa shape index (κ3) is 4.73. The zero-order valence-electron chi connectivity index (χ0n) is 11.7. The van der Waals surface area contributed by atoms with Gasteiger partial charge in [-0.15, -0.1) is 0 Å². The first-order chi connectivity index (χ1) is 9.02. The Balaban J connectivity index is 2.75. The van der Waals surface area contributed by atoms with E-state index in [9.17, 15) is 8.42 Å². The van der Waals surface area contributed by atoms with Crippen molar-refractivity contribution in [1.29, 1.82) is 5.26 Å². The van der Waals surface area contributed by atoms with E-state index >= 15 is 0 Å². The summed E-state index contributed by atoms with van der Waals surface area (Å²) < 4.78 is 32.9. The molecule has 0 spiro atoms. The van der Waals surface area contributed by atoms with Crippen LogP contribution in [0.25, 0.3) is 0 Å². The molecule has 1 aliphatic rings. The number of methoxy groups -OCH3 is 1. The molecule has 1 fully saturated rings. The summed E-state index contributed by atoms with van der Waals surface area (Å²) in [6.07, 6.45) is 2.17. The van der Waals surface area contributed by atoms with E-state index in [0.717, 1.165) is 12.8 Å². The molecule has 6 nitrogen and oxygen atoms in total. The van der Waals surface area contributed by atoms with Gasteiger partial charge in [-0.25, -0.2) is 0 Å². The van der Waals surface area contributed by atoms with Crippen molar-refractivity contribution in [2.45, 2.75) is 26.2 Å². The van der Waals surface area contributed by atoms with Crippen LogP contribution in [0.4, 0.5) is 0 Å². The maximum absolute atomic E-state index is 12.5. The van der Waals surface area contributed by atoms with Crippen LogP contribution in [0.1, 0.15) is 26.2 Å². The molecule has 7 heteroatoms. The number of hydrogen-bond acceptors (Lipinski definition) is 4. The quantitative estimate of drug-likeness (QED) is 0.695. The van der Waals surface area contributed by atoms with Gasteiger partial charge >= 0.3 is 0 Å². The smallest absolute Gasteiger partial charge is 0.282 e. The molecular weight excluding hydrogens is 266 g/mol. The Bertz CT molecular complexity index is 405. The molecular formula is C12H23N3O3S. The van der Waals surface area contributed by atoms with Crippen molar-refractivity contribution in [3.05, 3.63) is 0 Å². The van der Waals surface area contributed by atoms with E-state index in [-0.39, 0.29) is 13.0 Å². The molecule has 1 atom stereocenters. The number of piperidine rings is 1. The third-order valence-corrected chi connectivity index (χ3v) is 5.29. The van der Waals surface area contributed by atoms with Gasteiger partial charge in [0.05, 0.1) is 12.7 Å². The van der Waals surface area contributed by atoms with Crippen LogP contribution in [0, 0.1) is 17.2 Å². The van der Waals surface area contributed by atoms with Crippen molar-refractivity contribution in [3.63, 3.8) is 0 Å². The maximum atomic E-state index is 12.5. The Labute approximate surface area is 116 Å². The van der Waals surface area contributed by atoms with Crippen LogP contribution in [0.15, 0.2) is 0 Å². The number of nitriles is 1. The van der Waals surface area contributed by atoms with Gasteiger partial charge in [-0.2, -0.15) is 22.3 Å². The van der Waals surface area contributed by atoms with E-state index in [1.165, 1.54) is 15.7 Å². The maximum Gasteiger partial charge on any atom is 0.282 e. The van der Waals surface area contributed by atoms with Crippen molar-refractivity contribution in [3.8, 4) is 6.07 Å². The van der Waals surface area contributed by atoms with Crippen LogP contribution in [-0.4, -0.2) is 56.9 Å². The summed E-state index contributed by atoms with van der Waals surface area (Å²) in [6, 6.07) is 1.99. The summed E-state index contributed by atoms with van der Waals surface area (Å²) in [6.45, 7) is 4.07. The highest BCUT2D eigenvalue weighted by Gasteiger charge is 2.32. The van der Waals surface area contributed by atoms with Gasteiger partial charge in [0.25, 0.3) is 10.2 Å². The molecule has 1 heterocycles. The lowest BCUT2D eigenvalue weighted by atomic mass is 10.0. The molecule has 0 unspecified atom stereocenters. The van der Waals surface area contributed by atoms with Crippen LogP contribution < -0.4 is 0 Å². The Kier molecular flexibility index (Phi) is 6.72. The highest BCUT2D eigenvalue weighted by molar-refractivity contribution is 7.86. The fourth-order valence-corrected chi connectivity index (χ4v) is 3.99. The monoisotopic (exact) mass is 289 g/mol. The highest BCUT2D eigenvalue weighted by atomic mass is 32.2. The van der Waals surface area contributed by atoms with E-state index in [4.69, 9.17) is 10.00 Å². The predicted octanol–water partition coefficient (Wildman–Crippen LogP) is 0.825. The Morgan fingerprint density at radius 3 is 2.79 bits per heavy atom. The molecule has 0 amide bonds. The molecule has 110 valence electrons. The van der Waals surface area contributed by atoms with Gasteiger partial charge in [-0.3, -0.25) is 0 Å². The minimum Gasteiger partial charge on any atom is -0.383 e. The van der Waals surface area contributed by atoms with Gasteiger partial charge in [0.15, 0.2) is 0 Å². The van der Waals surface area contributed by atoms with Gasteiger partial charge in [0, 0.05) is 39.7 Å². The van der Waals surface area contributed by atoms with E-state index < -0.39 is 10.2 Å². The first-order valence-electron chi connectivity index (χ1n) is 6.63. The van der Waals surface area contributed by atoms with Gasteiger partial charge in [-0.1, -0.05) is 6.92 Å². The van der Waals surface area contributed by atoms with E-state index in [1.807, 2.05) is 6.07 Å². The summed E-state index contributed by atoms with van der Waals surface area (Å²) in [5.74, 6) is 0.392. The van der Waals surface area contributed by atoms with Crippen molar-refractivity contribution >= 4 is 10.2 Å². The van der Waals surface area contributed by atoms with Crippen molar-refractivity contribution < 1.29 is 13.2 Å². The van der Waals surface area contributed by atoms with Crippen molar-refractivity contribution in [1.82, 2.24) is 8.61 Å². The number of rotatable bonds is 7. The molecule has 1 aliphatic heterocycles. The number of nitrogens with zero attached hydrogens (tertiary/aromatic N) is 3. The summed E-state index contributed by atoms with van der Waals surface area (Å²) in [4.78, 5) is 0. The van der Waals surface area contributed by atoms with Crippen molar-refractivity contribution in [2.24, 2.45) is 5.92 Å². The van der Waals surface area contributed by atoms with E-state index in [2.05, 4.69) is 6.92 Å². The number of ether oxygens (including phenoxy) is 1. The lowest BCUT2D eigenvalue weighted by molar-refractivity contribution is 0.173. The van der Waals surface area contributed by atoms with Crippen LogP contribution in [-0.2, 0) is 14.9 Å². The first-order valence-corrected chi connectivity index (χ1v) is 8.03. The normalized spacial score (nSPS) is 21.5. The van der Waals surface area contributed by atoms with Crippen LogP contribution in [0.2, 0.25) is 0 Å². The average molecular weight is 289 g/mol. The van der Waals surface area contributed by atoms with Crippen molar-refractivity contribution in [2.75, 3.05) is 39.9 Å². The summed E-state index contributed by atoms with van der Waals surface area (Å²) >= 11 is 0. The molecule has 0 saturated carbocycles. The second-order valence-corrected chi connectivity index (χ2v) is 6.84. The standard InChI is InChI=1S/C12H23N3O3S/c1-12-5-3-7-15(11-12)19(16,17)14(8-4-6-13)9-10-18-2/h12H,3-5,7-11H2,1-2H3/t12-/m0/s1. The minimum absolute atomic E-state index is 0.201. The fourth-order valence-electron chi connectivity index (χ4n) is 2.23. The van der Waals surface area contributed by atoms with Gasteiger partial charge in [0.1, 0.15) is 0 Å². The molecule has 1 saturated heterocycles.